The molecule has 2 aliphatic rings. The van der Waals surface area contributed by atoms with Gasteiger partial charge in [0.1, 0.15) is 5.82 Å². The smallest absolute Gasteiger partial charge is 0.224 e. The first-order valence-electron chi connectivity index (χ1n) is 10.3. The Bertz CT molecular complexity index is 761. The molecule has 3 unspecified atom stereocenters. The van der Waals surface area contributed by atoms with Crippen molar-refractivity contribution in [3.63, 3.8) is 0 Å². The summed E-state index contributed by atoms with van der Waals surface area (Å²) in [5.74, 6) is 0.0524. The Labute approximate surface area is 168 Å². The third-order valence-electron chi connectivity index (χ3n) is 6.36. The molecule has 1 aliphatic heterocycles. The van der Waals surface area contributed by atoms with Crippen LogP contribution in [0.2, 0.25) is 0 Å². The Hall–Kier alpha value is -1.88. The van der Waals surface area contributed by atoms with Gasteiger partial charge < -0.3 is 15.1 Å². The SMILES string of the molecule is CC(C)=CC1C(C(=O)NC(C)c2cc(F)ccc2N2CCN(C)CC2)C1(C)C. The van der Waals surface area contributed by atoms with Gasteiger partial charge in [-0.15, -0.1) is 0 Å². The number of nitrogens with one attached hydrogen (secondary N) is 1. The van der Waals surface area contributed by atoms with Gasteiger partial charge in [-0.1, -0.05) is 25.5 Å². The molecular weight excluding hydrogens is 353 g/mol. The van der Waals surface area contributed by atoms with E-state index < -0.39 is 0 Å². The largest absolute Gasteiger partial charge is 0.369 e. The van der Waals surface area contributed by atoms with Crippen molar-refractivity contribution in [1.29, 1.82) is 0 Å². The molecule has 5 heteroatoms. The molecule has 0 bridgehead atoms. The van der Waals surface area contributed by atoms with Crippen molar-refractivity contribution in [2.75, 3.05) is 38.1 Å². The summed E-state index contributed by atoms with van der Waals surface area (Å²) in [6.45, 7) is 14.2. The molecular formula is C23H34FN3O. The number of piperazine rings is 1. The molecule has 1 aromatic carbocycles. The van der Waals surface area contributed by atoms with Crippen molar-refractivity contribution in [2.45, 2.75) is 40.7 Å². The highest BCUT2D eigenvalue weighted by Crippen LogP contribution is 2.59. The zero-order valence-electron chi connectivity index (χ0n) is 18.1. The van der Waals surface area contributed by atoms with Gasteiger partial charge in [0.2, 0.25) is 5.91 Å². The van der Waals surface area contributed by atoms with Gasteiger partial charge >= 0.3 is 0 Å². The molecule has 4 nitrogen and oxygen atoms in total. The molecule has 2 fully saturated rings. The van der Waals surface area contributed by atoms with E-state index in [0.29, 0.717) is 0 Å². The monoisotopic (exact) mass is 387 g/mol. The van der Waals surface area contributed by atoms with Crippen LogP contribution >= 0.6 is 0 Å². The summed E-state index contributed by atoms with van der Waals surface area (Å²) in [7, 11) is 2.12. The van der Waals surface area contributed by atoms with Gasteiger partial charge in [0.15, 0.2) is 0 Å². The average Bonchev–Trinajstić information content (AvgIpc) is 3.15. The second kappa shape index (κ2) is 7.86. The Morgan fingerprint density at radius 1 is 1.25 bits per heavy atom. The number of anilines is 1. The van der Waals surface area contributed by atoms with E-state index in [2.05, 4.69) is 55.9 Å². The second-order valence-electron chi connectivity index (χ2n) is 9.29. The lowest BCUT2D eigenvalue weighted by molar-refractivity contribution is -0.123. The lowest BCUT2D eigenvalue weighted by atomic mass is 10.0. The maximum Gasteiger partial charge on any atom is 0.224 e. The van der Waals surface area contributed by atoms with Crippen molar-refractivity contribution in [2.24, 2.45) is 17.3 Å². The van der Waals surface area contributed by atoms with E-state index in [1.165, 1.54) is 11.6 Å². The molecule has 1 amide bonds. The molecule has 0 radical (unpaired) electrons. The molecule has 0 spiro atoms. The predicted octanol–water partition coefficient (Wildman–Crippen LogP) is 3.99. The Morgan fingerprint density at radius 2 is 1.89 bits per heavy atom. The number of carbonyl (C=O) groups is 1. The van der Waals surface area contributed by atoms with Crippen LogP contribution < -0.4 is 10.2 Å². The number of hydrogen-bond donors (Lipinski definition) is 1. The van der Waals surface area contributed by atoms with Crippen LogP contribution in [0.1, 0.15) is 46.2 Å². The number of halogens is 1. The first kappa shape index (κ1) is 20.8. The molecule has 1 saturated heterocycles. The molecule has 1 aliphatic carbocycles. The number of allylic oxidation sites excluding steroid dienone is 2. The van der Waals surface area contributed by atoms with E-state index in [4.69, 9.17) is 0 Å². The Balaban J connectivity index is 1.76. The summed E-state index contributed by atoms with van der Waals surface area (Å²) >= 11 is 0. The Morgan fingerprint density at radius 3 is 2.50 bits per heavy atom. The van der Waals surface area contributed by atoms with Crippen LogP contribution in [-0.2, 0) is 4.79 Å². The van der Waals surface area contributed by atoms with Crippen LogP contribution in [0, 0.1) is 23.1 Å². The minimum Gasteiger partial charge on any atom is -0.369 e. The van der Waals surface area contributed by atoms with Gasteiger partial charge in [0, 0.05) is 37.4 Å². The molecule has 0 aromatic heterocycles. The third kappa shape index (κ3) is 4.24. The van der Waals surface area contributed by atoms with Crippen LogP contribution in [0.4, 0.5) is 10.1 Å². The quantitative estimate of drug-likeness (QED) is 0.776. The summed E-state index contributed by atoms with van der Waals surface area (Å²) in [6.07, 6.45) is 2.20. The van der Waals surface area contributed by atoms with E-state index in [-0.39, 0.29) is 35.0 Å². The first-order valence-corrected chi connectivity index (χ1v) is 10.3. The number of hydrogen-bond acceptors (Lipinski definition) is 3. The fourth-order valence-electron chi connectivity index (χ4n) is 4.44. The number of carbonyl (C=O) groups excluding carboxylic acids is 1. The zero-order valence-corrected chi connectivity index (χ0v) is 18.1. The molecule has 1 saturated carbocycles. The number of rotatable bonds is 5. The molecule has 1 N–H and O–H groups in total. The van der Waals surface area contributed by atoms with Crippen molar-refractivity contribution < 1.29 is 9.18 Å². The van der Waals surface area contributed by atoms with Crippen molar-refractivity contribution in [1.82, 2.24) is 10.2 Å². The summed E-state index contributed by atoms with van der Waals surface area (Å²) in [5.41, 5.74) is 3.10. The average molecular weight is 388 g/mol. The van der Waals surface area contributed by atoms with Crippen LogP contribution in [0.5, 0.6) is 0 Å². The number of likely N-dealkylation sites (N-methyl/N-ethyl adjacent to an activating group) is 1. The highest BCUT2D eigenvalue weighted by molar-refractivity contribution is 5.84. The summed E-state index contributed by atoms with van der Waals surface area (Å²) in [5, 5.41) is 3.16. The van der Waals surface area contributed by atoms with Crippen LogP contribution in [0.15, 0.2) is 29.8 Å². The van der Waals surface area contributed by atoms with Crippen LogP contribution in [-0.4, -0.2) is 44.0 Å². The molecule has 1 heterocycles. The second-order valence-corrected chi connectivity index (χ2v) is 9.29. The minimum atomic E-state index is -0.261. The molecule has 3 rings (SSSR count). The van der Waals surface area contributed by atoms with Crippen molar-refractivity contribution in [3.8, 4) is 0 Å². The number of amides is 1. The first-order chi connectivity index (χ1) is 13.1. The fourth-order valence-corrected chi connectivity index (χ4v) is 4.44. The molecule has 154 valence electrons. The third-order valence-corrected chi connectivity index (χ3v) is 6.36. The van der Waals surface area contributed by atoms with E-state index in [1.807, 2.05) is 13.0 Å². The maximum atomic E-state index is 14.0. The highest BCUT2D eigenvalue weighted by atomic mass is 19.1. The minimum absolute atomic E-state index is 0.0227. The topological polar surface area (TPSA) is 35.6 Å². The van der Waals surface area contributed by atoms with Crippen molar-refractivity contribution in [3.05, 3.63) is 41.2 Å². The van der Waals surface area contributed by atoms with Crippen LogP contribution in [0.3, 0.4) is 0 Å². The van der Waals surface area contributed by atoms with Gasteiger partial charge in [-0.05, 0) is 57.4 Å². The lowest BCUT2D eigenvalue weighted by Crippen LogP contribution is -2.45. The van der Waals surface area contributed by atoms with E-state index in [1.54, 1.807) is 6.07 Å². The standard InChI is InChI=1S/C23H34FN3O/c1-15(2)13-19-21(23(19,4)5)22(28)25-16(3)18-14-17(24)7-8-20(18)27-11-9-26(6)10-12-27/h7-8,13-14,16,19,21H,9-12H2,1-6H3,(H,25,28). The Kier molecular flexibility index (Phi) is 5.85. The zero-order chi connectivity index (χ0) is 20.6. The summed E-state index contributed by atoms with van der Waals surface area (Å²) < 4.78 is 14.0. The van der Waals surface area contributed by atoms with E-state index >= 15 is 0 Å². The number of benzene rings is 1. The predicted molar refractivity (Wildman–Crippen MR) is 113 cm³/mol. The van der Waals surface area contributed by atoms with Crippen molar-refractivity contribution >= 4 is 11.6 Å². The van der Waals surface area contributed by atoms with E-state index in [9.17, 15) is 9.18 Å². The highest BCUT2D eigenvalue weighted by Gasteiger charge is 2.60. The molecule has 28 heavy (non-hydrogen) atoms. The lowest BCUT2D eigenvalue weighted by Gasteiger charge is -2.36. The molecule has 1 aromatic rings. The van der Waals surface area contributed by atoms with Gasteiger partial charge in [0.25, 0.3) is 0 Å². The van der Waals surface area contributed by atoms with Gasteiger partial charge in [-0.25, -0.2) is 4.39 Å². The van der Waals surface area contributed by atoms with Gasteiger partial charge in [-0.2, -0.15) is 0 Å². The van der Waals surface area contributed by atoms with Crippen LogP contribution in [0.25, 0.3) is 0 Å². The van der Waals surface area contributed by atoms with E-state index in [0.717, 1.165) is 37.4 Å². The summed E-state index contributed by atoms with van der Waals surface area (Å²) in [4.78, 5) is 17.5. The summed E-state index contributed by atoms with van der Waals surface area (Å²) in [6, 6.07) is 4.71. The maximum absolute atomic E-state index is 14.0. The van der Waals surface area contributed by atoms with Gasteiger partial charge in [0.05, 0.1) is 12.0 Å². The van der Waals surface area contributed by atoms with Gasteiger partial charge in [-0.3, -0.25) is 4.79 Å². The molecule has 3 atom stereocenters. The fraction of sp³-hybridized carbons (Fsp3) is 0.609. The normalized spacial score (nSPS) is 25.2. The number of nitrogens with zero attached hydrogens (tertiary/aromatic N) is 2.